The number of primary amides is 1. The molecule has 0 radical (unpaired) electrons. The van der Waals surface area contributed by atoms with E-state index in [1.165, 1.54) is 0 Å². The largest absolute Gasteiger partial charge is 0.351 e. The summed E-state index contributed by atoms with van der Waals surface area (Å²) < 4.78 is 0. The van der Waals surface area contributed by atoms with Crippen LogP contribution in [0.5, 0.6) is 0 Å². The highest BCUT2D eigenvalue weighted by Crippen LogP contribution is 2.26. The van der Waals surface area contributed by atoms with Crippen LogP contribution >= 0.6 is 12.4 Å². The third-order valence-electron chi connectivity index (χ3n) is 3.87. The standard InChI is InChI=1S/C15H22N4O2.ClH/c16-14(21)19-12-6-4-11(5-7-12)10-18-13(20)15(17)8-2-1-3-9-15;/h4-7H,1-3,8-10,17H2,(H,18,20)(H3,16,19,21);1H. The maximum atomic E-state index is 12.2. The maximum Gasteiger partial charge on any atom is 0.316 e. The van der Waals surface area contributed by atoms with Crippen LogP contribution in [0.1, 0.15) is 37.7 Å². The molecular formula is C15H23ClN4O2. The second-order valence-electron chi connectivity index (χ2n) is 5.59. The normalized spacial score (nSPS) is 16.2. The number of urea groups is 1. The van der Waals surface area contributed by atoms with Gasteiger partial charge in [0.25, 0.3) is 0 Å². The average Bonchev–Trinajstić information content (AvgIpc) is 2.46. The summed E-state index contributed by atoms with van der Waals surface area (Å²) in [4.78, 5) is 22.9. The number of rotatable bonds is 4. The van der Waals surface area contributed by atoms with E-state index in [2.05, 4.69) is 10.6 Å². The van der Waals surface area contributed by atoms with Gasteiger partial charge in [0.15, 0.2) is 0 Å². The summed E-state index contributed by atoms with van der Waals surface area (Å²) in [5.41, 5.74) is 12.1. The Kier molecular flexibility index (Phi) is 6.64. The molecule has 2 rings (SSSR count). The molecule has 6 N–H and O–H groups in total. The van der Waals surface area contributed by atoms with Gasteiger partial charge in [-0.25, -0.2) is 4.79 Å². The quantitative estimate of drug-likeness (QED) is 0.678. The number of carbonyl (C=O) groups is 2. The van der Waals surface area contributed by atoms with Crippen molar-refractivity contribution in [2.45, 2.75) is 44.2 Å². The van der Waals surface area contributed by atoms with Gasteiger partial charge in [0.2, 0.25) is 5.91 Å². The molecule has 0 aromatic heterocycles. The van der Waals surface area contributed by atoms with Crippen molar-refractivity contribution in [1.82, 2.24) is 5.32 Å². The smallest absolute Gasteiger partial charge is 0.316 e. The van der Waals surface area contributed by atoms with Crippen molar-refractivity contribution in [3.8, 4) is 0 Å². The van der Waals surface area contributed by atoms with Gasteiger partial charge in [0, 0.05) is 12.2 Å². The Balaban J connectivity index is 0.00000242. The molecule has 7 heteroatoms. The summed E-state index contributed by atoms with van der Waals surface area (Å²) in [6.45, 7) is 0.425. The minimum absolute atomic E-state index is 0. The van der Waals surface area contributed by atoms with Crippen LogP contribution in [0.15, 0.2) is 24.3 Å². The number of carbonyl (C=O) groups excluding carboxylic acids is 2. The molecule has 1 fully saturated rings. The minimum atomic E-state index is -0.717. The second-order valence-corrected chi connectivity index (χ2v) is 5.59. The molecule has 0 saturated heterocycles. The Morgan fingerprint density at radius 1 is 1.09 bits per heavy atom. The summed E-state index contributed by atoms with van der Waals surface area (Å²) in [5, 5.41) is 5.38. The number of nitrogens with two attached hydrogens (primary N) is 2. The molecule has 0 aliphatic heterocycles. The van der Waals surface area contributed by atoms with Crippen LogP contribution in [0.25, 0.3) is 0 Å². The van der Waals surface area contributed by atoms with E-state index in [0.717, 1.165) is 37.7 Å². The fraction of sp³-hybridized carbons (Fsp3) is 0.467. The van der Waals surface area contributed by atoms with Gasteiger partial charge in [-0.3, -0.25) is 4.79 Å². The number of hydrogen-bond acceptors (Lipinski definition) is 3. The highest BCUT2D eigenvalue weighted by molar-refractivity contribution is 5.88. The van der Waals surface area contributed by atoms with Gasteiger partial charge in [-0.2, -0.15) is 0 Å². The van der Waals surface area contributed by atoms with Gasteiger partial charge in [-0.15, -0.1) is 12.4 Å². The van der Waals surface area contributed by atoms with Crippen molar-refractivity contribution < 1.29 is 9.59 Å². The lowest BCUT2D eigenvalue weighted by Crippen LogP contribution is -2.54. The number of anilines is 1. The highest BCUT2D eigenvalue weighted by Gasteiger charge is 2.34. The summed E-state index contributed by atoms with van der Waals surface area (Å²) in [7, 11) is 0. The zero-order valence-electron chi connectivity index (χ0n) is 12.4. The Bertz CT molecular complexity index is 513. The average molecular weight is 327 g/mol. The maximum absolute atomic E-state index is 12.2. The molecule has 0 spiro atoms. The predicted molar refractivity (Wildman–Crippen MR) is 88.7 cm³/mol. The highest BCUT2D eigenvalue weighted by atomic mass is 35.5. The van der Waals surface area contributed by atoms with E-state index < -0.39 is 11.6 Å². The van der Waals surface area contributed by atoms with Crippen LogP contribution in [0, 0.1) is 0 Å². The first-order valence-corrected chi connectivity index (χ1v) is 7.22. The van der Waals surface area contributed by atoms with E-state index >= 15 is 0 Å². The Morgan fingerprint density at radius 2 is 1.68 bits per heavy atom. The van der Waals surface area contributed by atoms with Crippen molar-refractivity contribution >= 4 is 30.0 Å². The predicted octanol–water partition coefficient (Wildman–Crippen LogP) is 1.88. The first kappa shape index (κ1) is 18.3. The molecular weight excluding hydrogens is 304 g/mol. The summed E-state index contributed by atoms with van der Waals surface area (Å²) in [5.74, 6) is -0.0819. The lowest BCUT2D eigenvalue weighted by molar-refractivity contribution is -0.127. The fourth-order valence-corrected chi connectivity index (χ4v) is 2.62. The first-order valence-electron chi connectivity index (χ1n) is 7.22. The molecule has 0 unspecified atom stereocenters. The molecule has 1 saturated carbocycles. The molecule has 3 amide bonds. The van der Waals surface area contributed by atoms with E-state index in [9.17, 15) is 9.59 Å². The van der Waals surface area contributed by atoms with Crippen molar-refractivity contribution in [3.05, 3.63) is 29.8 Å². The van der Waals surface area contributed by atoms with Crippen LogP contribution in [0.3, 0.4) is 0 Å². The zero-order valence-corrected chi connectivity index (χ0v) is 13.2. The van der Waals surface area contributed by atoms with Crippen LogP contribution in [0.4, 0.5) is 10.5 Å². The van der Waals surface area contributed by atoms with Gasteiger partial charge in [0.05, 0.1) is 5.54 Å². The second kappa shape index (κ2) is 8.00. The van der Waals surface area contributed by atoms with Gasteiger partial charge in [0.1, 0.15) is 0 Å². The van der Waals surface area contributed by atoms with Gasteiger partial charge in [-0.05, 0) is 30.5 Å². The molecule has 6 nitrogen and oxygen atoms in total. The van der Waals surface area contributed by atoms with E-state index in [1.807, 2.05) is 12.1 Å². The van der Waals surface area contributed by atoms with Crippen molar-refractivity contribution in [2.24, 2.45) is 11.5 Å². The molecule has 122 valence electrons. The molecule has 1 aliphatic rings. The lowest BCUT2D eigenvalue weighted by Gasteiger charge is -2.31. The molecule has 1 aromatic rings. The Morgan fingerprint density at radius 3 is 2.23 bits per heavy atom. The Hall–Kier alpha value is -1.79. The molecule has 22 heavy (non-hydrogen) atoms. The van der Waals surface area contributed by atoms with E-state index in [0.29, 0.717) is 12.2 Å². The Labute approximate surface area is 136 Å². The van der Waals surface area contributed by atoms with Crippen molar-refractivity contribution in [2.75, 3.05) is 5.32 Å². The van der Waals surface area contributed by atoms with Crippen LogP contribution in [0.2, 0.25) is 0 Å². The molecule has 0 bridgehead atoms. The first-order chi connectivity index (χ1) is 9.99. The number of amides is 3. The van der Waals surface area contributed by atoms with Gasteiger partial charge >= 0.3 is 6.03 Å². The van der Waals surface area contributed by atoms with E-state index in [4.69, 9.17) is 11.5 Å². The topological polar surface area (TPSA) is 110 Å². The summed E-state index contributed by atoms with van der Waals surface area (Å²) >= 11 is 0. The van der Waals surface area contributed by atoms with E-state index in [-0.39, 0.29) is 18.3 Å². The number of halogens is 1. The van der Waals surface area contributed by atoms with Gasteiger partial charge in [-0.1, -0.05) is 31.4 Å². The van der Waals surface area contributed by atoms with Gasteiger partial charge < -0.3 is 22.1 Å². The van der Waals surface area contributed by atoms with Crippen LogP contribution < -0.4 is 22.1 Å². The van der Waals surface area contributed by atoms with E-state index in [1.54, 1.807) is 12.1 Å². The third-order valence-corrected chi connectivity index (χ3v) is 3.87. The van der Waals surface area contributed by atoms with Crippen LogP contribution in [-0.2, 0) is 11.3 Å². The summed E-state index contributed by atoms with van der Waals surface area (Å²) in [6, 6.07) is 6.54. The third kappa shape index (κ3) is 4.89. The zero-order chi connectivity index (χ0) is 15.3. The van der Waals surface area contributed by atoms with Crippen molar-refractivity contribution in [3.63, 3.8) is 0 Å². The number of hydrogen-bond donors (Lipinski definition) is 4. The molecule has 1 aromatic carbocycles. The SMILES string of the molecule is Cl.NC(=O)Nc1ccc(CNC(=O)C2(N)CCCCC2)cc1. The summed E-state index contributed by atoms with van der Waals surface area (Å²) in [6.07, 6.45) is 4.68. The molecule has 0 heterocycles. The molecule has 1 aliphatic carbocycles. The monoisotopic (exact) mass is 326 g/mol. The minimum Gasteiger partial charge on any atom is -0.351 e. The number of nitrogens with one attached hydrogen (secondary N) is 2. The van der Waals surface area contributed by atoms with Crippen molar-refractivity contribution in [1.29, 1.82) is 0 Å². The van der Waals surface area contributed by atoms with Crippen LogP contribution in [-0.4, -0.2) is 17.5 Å². The molecule has 0 atom stereocenters. The number of benzene rings is 1. The fourth-order valence-electron chi connectivity index (χ4n) is 2.62. The lowest BCUT2D eigenvalue weighted by atomic mass is 9.82.